The molecule has 1 aliphatic heterocycles. The van der Waals surface area contributed by atoms with Crippen LogP contribution in [0.5, 0.6) is 0 Å². The summed E-state index contributed by atoms with van der Waals surface area (Å²) >= 11 is 8.53. The zero-order valence-electron chi connectivity index (χ0n) is 21.6. The highest BCUT2D eigenvalue weighted by atomic mass is 35.5. The van der Waals surface area contributed by atoms with Gasteiger partial charge in [-0.15, -0.1) is 21.5 Å². The molecule has 4 aromatic rings. The number of rotatable bonds is 3. The highest BCUT2D eigenvalue weighted by Crippen LogP contribution is 2.54. The first kappa shape index (κ1) is 23.5. The molecule has 8 rings (SSSR count). The van der Waals surface area contributed by atoms with E-state index < -0.39 is 0 Å². The number of thiophene rings is 1. The summed E-state index contributed by atoms with van der Waals surface area (Å²) in [5.74, 6) is 1.85. The maximum atomic E-state index is 13.6. The Labute approximate surface area is 235 Å². The number of pyridine rings is 1. The van der Waals surface area contributed by atoms with E-state index >= 15 is 0 Å². The summed E-state index contributed by atoms with van der Waals surface area (Å²) in [6.07, 6.45) is 7.87. The van der Waals surface area contributed by atoms with Crippen LogP contribution in [0.3, 0.4) is 0 Å². The number of hydrogen-bond donors (Lipinski definition) is 1. The predicted molar refractivity (Wildman–Crippen MR) is 151 cm³/mol. The average Bonchev–Trinajstić information content (AvgIpc) is 3.28. The number of benzene rings is 1. The first-order chi connectivity index (χ1) is 19.0. The van der Waals surface area contributed by atoms with E-state index in [4.69, 9.17) is 16.6 Å². The van der Waals surface area contributed by atoms with Crippen LogP contribution in [0.4, 0.5) is 0 Å². The molecule has 3 aliphatic carbocycles. The van der Waals surface area contributed by atoms with E-state index in [0.29, 0.717) is 11.4 Å². The largest absolute Gasteiger partial charge is 0.353 e. The van der Waals surface area contributed by atoms with E-state index in [1.807, 2.05) is 37.4 Å². The number of carbonyl (C=O) groups is 1. The molecule has 1 spiro atoms. The van der Waals surface area contributed by atoms with Gasteiger partial charge in [0.1, 0.15) is 16.4 Å². The molecule has 39 heavy (non-hydrogen) atoms. The van der Waals surface area contributed by atoms with Crippen LogP contribution in [0.25, 0.3) is 5.00 Å². The molecule has 1 fully saturated rings. The molecule has 1 saturated carbocycles. The molecule has 0 saturated heterocycles. The van der Waals surface area contributed by atoms with Crippen molar-refractivity contribution in [3.8, 4) is 5.00 Å². The smallest absolute Gasteiger partial charge is 0.224 e. The quantitative estimate of drug-likeness (QED) is 0.390. The number of aliphatic imine (C=N–C) groups is 1. The lowest BCUT2D eigenvalue weighted by Crippen LogP contribution is -2.42. The molecular formula is C30H27ClN6OS. The van der Waals surface area contributed by atoms with Crippen LogP contribution in [0.15, 0.2) is 47.6 Å². The van der Waals surface area contributed by atoms with E-state index in [0.717, 1.165) is 77.7 Å². The molecule has 4 aliphatic rings. The van der Waals surface area contributed by atoms with Gasteiger partial charge in [-0.1, -0.05) is 35.9 Å². The maximum absolute atomic E-state index is 13.6. The summed E-state index contributed by atoms with van der Waals surface area (Å²) in [5, 5.41) is 14.2. The lowest BCUT2D eigenvalue weighted by molar-refractivity contribution is -0.125. The number of carbonyl (C=O) groups excluding carboxylic acids is 1. The molecular weight excluding hydrogens is 528 g/mol. The molecule has 2 atom stereocenters. The van der Waals surface area contributed by atoms with Crippen molar-refractivity contribution in [1.82, 2.24) is 25.1 Å². The summed E-state index contributed by atoms with van der Waals surface area (Å²) in [4.78, 5) is 24.7. The Morgan fingerprint density at radius 1 is 1.13 bits per heavy atom. The van der Waals surface area contributed by atoms with Crippen molar-refractivity contribution < 1.29 is 4.79 Å². The SMILES string of the molecule is Cc1nnc2n1-c1sc3c(c1C(c1ccccc1Cl)=NC21CC1)C[C@H](C(=O)NC1CCc2ncccc2C1)C3. The Morgan fingerprint density at radius 3 is 2.85 bits per heavy atom. The minimum atomic E-state index is -0.358. The van der Waals surface area contributed by atoms with E-state index in [9.17, 15) is 4.79 Å². The third-order valence-electron chi connectivity index (χ3n) is 8.71. The van der Waals surface area contributed by atoms with E-state index in [2.05, 4.69) is 37.2 Å². The third-order valence-corrected chi connectivity index (χ3v) is 10.3. The average molecular weight is 555 g/mol. The van der Waals surface area contributed by atoms with Crippen LogP contribution >= 0.6 is 22.9 Å². The third kappa shape index (κ3) is 3.64. The molecule has 0 radical (unpaired) electrons. The molecule has 1 aromatic carbocycles. The lowest BCUT2D eigenvalue weighted by Gasteiger charge is -2.26. The molecule has 7 nitrogen and oxygen atoms in total. The van der Waals surface area contributed by atoms with Crippen molar-refractivity contribution in [2.75, 3.05) is 0 Å². The Morgan fingerprint density at radius 2 is 2.00 bits per heavy atom. The van der Waals surface area contributed by atoms with Crippen molar-refractivity contribution in [2.45, 2.75) is 63.5 Å². The predicted octanol–water partition coefficient (Wildman–Crippen LogP) is 4.91. The van der Waals surface area contributed by atoms with Crippen molar-refractivity contribution in [3.05, 3.63) is 92.1 Å². The second-order valence-electron chi connectivity index (χ2n) is 11.2. The molecule has 196 valence electrons. The van der Waals surface area contributed by atoms with Gasteiger partial charge < -0.3 is 5.32 Å². The molecule has 0 bridgehead atoms. The van der Waals surface area contributed by atoms with Gasteiger partial charge in [-0.05, 0) is 75.1 Å². The lowest BCUT2D eigenvalue weighted by atomic mass is 9.91. The fourth-order valence-electron chi connectivity index (χ4n) is 6.54. The minimum Gasteiger partial charge on any atom is -0.353 e. The van der Waals surface area contributed by atoms with E-state index in [-0.39, 0.29) is 23.4 Å². The van der Waals surface area contributed by atoms with E-state index in [1.165, 1.54) is 16.0 Å². The molecule has 9 heteroatoms. The zero-order valence-corrected chi connectivity index (χ0v) is 23.1. The monoisotopic (exact) mass is 554 g/mol. The second-order valence-corrected chi connectivity index (χ2v) is 12.7. The summed E-state index contributed by atoms with van der Waals surface area (Å²) in [6, 6.07) is 12.2. The first-order valence-corrected chi connectivity index (χ1v) is 14.9. The van der Waals surface area contributed by atoms with Crippen LogP contribution in [0.1, 0.15) is 63.7 Å². The topological polar surface area (TPSA) is 85.1 Å². The first-order valence-electron chi connectivity index (χ1n) is 13.7. The van der Waals surface area contributed by atoms with Gasteiger partial charge in [0, 0.05) is 44.9 Å². The van der Waals surface area contributed by atoms with Gasteiger partial charge in [-0.25, -0.2) is 0 Å². The number of hydrogen-bond acceptors (Lipinski definition) is 6. The molecule has 3 aromatic heterocycles. The Kier molecular flexibility index (Phi) is 5.17. The number of nitrogens with zero attached hydrogens (tertiary/aromatic N) is 5. The highest BCUT2D eigenvalue weighted by Gasteiger charge is 2.52. The van der Waals surface area contributed by atoms with Gasteiger partial charge in [0.15, 0.2) is 5.82 Å². The number of aryl methyl sites for hydroxylation is 2. The van der Waals surface area contributed by atoms with Gasteiger partial charge in [0.05, 0.1) is 5.71 Å². The minimum absolute atomic E-state index is 0.0843. The number of aromatic nitrogens is 4. The standard InChI is InChI=1S/C30H27ClN6OS/c1-16-35-36-29-30(10-11-30)34-26(20-6-2-3-7-22(20)31)25-21-14-18(15-24(21)39-28(25)37(16)29)27(38)33-19-8-9-23-17(13-19)5-4-12-32-23/h2-7,12,18-19H,8-11,13-15H2,1H3,(H,33,38)/t18-,19?/m0/s1. The van der Waals surface area contributed by atoms with Crippen molar-refractivity contribution in [2.24, 2.45) is 10.9 Å². The van der Waals surface area contributed by atoms with Crippen LogP contribution in [-0.2, 0) is 36.0 Å². The van der Waals surface area contributed by atoms with Gasteiger partial charge in [0.2, 0.25) is 5.91 Å². The van der Waals surface area contributed by atoms with Gasteiger partial charge in [0.25, 0.3) is 0 Å². The van der Waals surface area contributed by atoms with Gasteiger partial charge in [-0.2, -0.15) is 0 Å². The number of amides is 1. The van der Waals surface area contributed by atoms with Crippen molar-refractivity contribution in [3.63, 3.8) is 0 Å². The zero-order chi connectivity index (χ0) is 26.3. The van der Waals surface area contributed by atoms with E-state index in [1.54, 1.807) is 11.3 Å². The van der Waals surface area contributed by atoms with Crippen LogP contribution in [-0.4, -0.2) is 37.4 Å². The summed E-state index contributed by atoms with van der Waals surface area (Å²) < 4.78 is 2.21. The molecule has 1 N–H and O–H groups in total. The van der Waals surface area contributed by atoms with Crippen LogP contribution in [0, 0.1) is 12.8 Å². The summed E-state index contributed by atoms with van der Waals surface area (Å²) in [5.41, 5.74) is 6.24. The Balaban J connectivity index is 1.15. The number of nitrogens with one attached hydrogen (secondary N) is 1. The summed E-state index contributed by atoms with van der Waals surface area (Å²) in [7, 11) is 0. The van der Waals surface area contributed by atoms with Crippen molar-refractivity contribution >= 4 is 34.6 Å². The van der Waals surface area contributed by atoms with Gasteiger partial charge in [-0.3, -0.25) is 19.3 Å². The number of halogens is 1. The van der Waals surface area contributed by atoms with Crippen LogP contribution < -0.4 is 5.32 Å². The fourth-order valence-corrected chi connectivity index (χ4v) is 8.22. The summed E-state index contributed by atoms with van der Waals surface area (Å²) in [6.45, 7) is 2.01. The normalized spacial score (nSPS) is 21.8. The Hall–Kier alpha value is -3.36. The maximum Gasteiger partial charge on any atom is 0.224 e. The molecule has 1 amide bonds. The fraction of sp³-hybridized carbons (Fsp3) is 0.367. The second kappa shape index (κ2) is 8.57. The Bertz CT molecular complexity index is 1700. The van der Waals surface area contributed by atoms with Gasteiger partial charge >= 0.3 is 0 Å². The highest BCUT2D eigenvalue weighted by molar-refractivity contribution is 7.15. The molecule has 1 unspecified atom stereocenters. The molecule has 4 heterocycles. The van der Waals surface area contributed by atoms with Crippen LogP contribution in [0.2, 0.25) is 5.02 Å². The van der Waals surface area contributed by atoms with Crippen molar-refractivity contribution in [1.29, 1.82) is 0 Å². The number of fused-ring (bicyclic) bond motifs is 7.